The van der Waals surface area contributed by atoms with Crippen LogP contribution in [0.2, 0.25) is 0 Å². The Morgan fingerprint density at radius 3 is 3.00 bits per heavy atom. The number of pyridine rings is 1. The maximum Gasteiger partial charge on any atom is 0.222 e. The van der Waals surface area contributed by atoms with Crippen molar-refractivity contribution in [2.75, 3.05) is 18.0 Å². The molecule has 0 bridgehead atoms. The maximum absolute atomic E-state index is 12.8. The van der Waals surface area contributed by atoms with Crippen molar-refractivity contribution < 1.29 is 9.18 Å². The number of nitrogens with zero attached hydrogens (tertiary/aromatic N) is 2. The molecule has 2 N–H and O–H groups in total. The van der Waals surface area contributed by atoms with Gasteiger partial charge >= 0.3 is 0 Å². The lowest BCUT2D eigenvalue weighted by molar-refractivity contribution is -0.121. The third-order valence-electron chi connectivity index (χ3n) is 2.62. The molecule has 4 nitrogen and oxygen atoms in total. The van der Waals surface area contributed by atoms with Crippen molar-refractivity contribution in [1.29, 1.82) is 0 Å². The SMILES string of the molecule is NC(=O)C1CCN(c2cccc(F)n2)C1. The molecule has 0 saturated carbocycles. The molecule has 1 amide bonds. The minimum absolute atomic E-state index is 0.143. The van der Waals surface area contributed by atoms with Crippen molar-refractivity contribution in [3.05, 3.63) is 24.1 Å². The molecule has 1 fully saturated rings. The number of nitrogens with two attached hydrogens (primary N) is 1. The molecule has 0 aliphatic carbocycles. The fourth-order valence-corrected chi connectivity index (χ4v) is 1.77. The largest absolute Gasteiger partial charge is 0.369 e. The quantitative estimate of drug-likeness (QED) is 0.723. The van der Waals surface area contributed by atoms with Gasteiger partial charge in [-0.25, -0.2) is 4.98 Å². The average molecular weight is 209 g/mol. The summed E-state index contributed by atoms with van der Waals surface area (Å²) in [5.74, 6) is -0.377. The van der Waals surface area contributed by atoms with Gasteiger partial charge in [-0.15, -0.1) is 0 Å². The summed E-state index contributed by atoms with van der Waals surface area (Å²) in [4.78, 5) is 16.6. The van der Waals surface area contributed by atoms with Gasteiger partial charge in [0.2, 0.25) is 11.9 Å². The van der Waals surface area contributed by atoms with Crippen LogP contribution in [0.3, 0.4) is 0 Å². The molecule has 80 valence electrons. The normalized spacial score (nSPS) is 20.6. The molecule has 0 radical (unpaired) electrons. The van der Waals surface area contributed by atoms with E-state index in [0.717, 1.165) is 0 Å². The molecule has 2 heterocycles. The predicted octanol–water partition coefficient (Wildman–Crippen LogP) is 0.532. The molecule has 1 aliphatic rings. The molecule has 1 aliphatic heterocycles. The van der Waals surface area contributed by atoms with E-state index in [1.54, 1.807) is 12.1 Å². The van der Waals surface area contributed by atoms with Gasteiger partial charge in [-0.1, -0.05) is 6.07 Å². The first-order valence-electron chi connectivity index (χ1n) is 4.83. The fourth-order valence-electron chi connectivity index (χ4n) is 1.77. The second kappa shape index (κ2) is 3.84. The number of aromatic nitrogens is 1. The molecule has 1 aromatic heterocycles. The van der Waals surface area contributed by atoms with Crippen molar-refractivity contribution in [2.45, 2.75) is 6.42 Å². The molecule has 15 heavy (non-hydrogen) atoms. The van der Waals surface area contributed by atoms with E-state index in [0.29, 0.717) is 25.3 Å². The third-order valence-corrected chi connectivity index (χ3v) is 2.62. The van der Waals surface area contributed by atoms with E-state index in [4.69, 9.17) is 5.73 Å². The van der Waals surface area contributed by atoms with Gasteiger partial charge in [-0.05, 0) is 18.6 Å². The highest BCUT2D eigenvalue weighted by Crippen LogP contribution is 2.21. The van der Waals surface area contributed by atoms with E-state index < -0.39 is 5.95 Å². The number of halogens is 1. The van der Waals surface area contributed by atoms with Crippen molar-refractivity contribution >= 4 is 11.7 Å². The van der Waals surface area contributed by atoms with Crippen LogP contribution in [-0.4, -0.2) is 24.0 Å². The summed E-state index contributed by atoms with van der Waals surface area (Å²) in [6.07, 6.45) is 0.716. The highest BCUT2D eigenvalue weighted by atomic mass is 19.1. The van der Waals surface area contributed by atoms with Gasteiger partial charge in [0.1, 0.15) is 5.82 Å². The van der Waals surface area contributed by atoms with Crippen LogP contribution in [0.15, 0.2) is 18.2 Å². The fraction of sp³-hybridized carbons (Fsp3) is 0.400. The Labute approximate surface area is 86.9 Å². The van der Waals surface area contributed by atoms with Crippen LogP contribution in [0.1, 0.15) is 6.42 Å². The summed E-state index contributed by atoms with van der Waals surface area (Å²) in [6.45, 7) is 1.23. The van der Waals surface area contributed by atoms with Crippen LogP contribution in [0.25, 0.3) is 0 Å². The lowest BCUT2D eigenvalue weighted by Crippen LogP contribution is -2.27. The van der Waals surface area contributed by atoms with E-state index in [1.807, 2.05) is 4.90 Å². The van der Waals surface area contributed by atoms with Crippen LogP contribution < -0.4 is 10.6 Å². The first-order valence-corrected chi connectivity index (χ1v) is 4.83. The molecule has 1 unspecified atom stereocenters. The van der Waals surface area contributed by atoms with Crippen LogP contribution >= 0.6 is 0 Å². The lowest BCUT2D eigenvalue weighted by Gasteiger charge is -2.16. The van der Waals surface area contributed by atoms with Gasteiger partial charge in [0.25, 0.3) is 0 Å². The highest BCUT2D eigenvalue weighted by Gasteiger charge is 2.27. The predicted molar refractivity (Wildman–Crippen MR) is 53.7 cm³/mol. The number of hydrogen-bond acceptors (Lipinski definition) is 3. The van der Waals surface area contributed by atoms with E-state index in [9.17, 15) is 9.18 Å². The number of anilines is 1. The van der Waals surface area contributed by atoms with Crippen LogP contribution in [0, 0.1) is 11.9 Å². The van der Waals surface area contributed by atoms with Gasteiger partial charge in [0, 0.05) is 13.1 Å². The van der Waals surface area contributed by atoms with E-state index in [1.165, 1.54) is 6.07 Å². The number of hydrogen-bond donors (Lipinski definition) is 1. The van der Waals surface area contributed by atoms with Gasteiger partial charge < -0.3 is 10.6 Å². The van der Waals surface area contributed by atoms with Crippen LogP contribution in [-0.2, 0) is 4.79 Å². The summed E-state index contributed by atoms with van der Waals surface area (Å²) < 4.78 is 12.8. The Hall–Kier alpha value is -1.65. The molecule has 0 spiro atoms. The van der Waals surface area contributed by atoms with E-state index in [2.05, 4.69) is 4.98 Å². The molecule has 0 aromatic carbocycles. The molecule has 1 atom stereocenters. The standard InChI is InChI=1S/C10H12FN3O/c11-8-2-1-3-9(13-8)14-5-4-7(6-14)10(12)15/h1-3,7H,4-6H2,(H2,12,15). The summed E-state index contributed by atoms with van der Waals surface area (Å²) >= 11 is 0. The Balaban J connectivity index is 2.11. The Bertz CT molecular complexity index is 383. The molecular formula is C10H12FN3O. The molecule has 1 saturated heterocycles. The Morgan fingerprint density at radius 1 is 1.60 bits per heavy atom. The van der Waals surface area contributed by atoms with E-state index in [-0.39, 0.29) is 11.8 Å². The molecule has 5 heteroatoms. The second-order valence-corrected chi connectivity index (χ2v) is 3.65. The van der Waals surface area contributed by atoms with Crippen LogP contribution in [0.4, 0.5) is 10.2 Å². The average Bonchev–Trinajstić information content (AvgIpc) is 2.66. The monoisotopic (exact) mass is 209 g/mol. The zero-order valence-corrected chi connectivity index (χ0v) is 8.19. The summed E-state index contributed by atoms with van der Waals surface area (Å²) in [7, 11) is 0. The summed E-state index contributed by atoms with van der Waals surface area (Å²) in [5.41, 5.74) is 5.21. The van der Waals surface area contributed by atoms with Gasteiger partial charge in [0.05, 0.1) is 5.92 Å². The van der Waals surface area contributed by atoms with Crippen molar-refractivity contribution in [3.63, 3.8) is 0 Å². The number of carbonyl (C=O) groups excluding carboxylic acids is 1. The number of primary amides is 1. The van der Waals surface area contributed by atoms with Gasteiger partial charge in [-0.3, -0.25) is 4.79 Å². The smallest absolute Gasteiger partial charge is 0.222 e. The number of amides is 1. The Kier molecular flexibility index (Phi) is 2.53. The summed E-state index contributed by atoms with van der Waals surface area (Å²) in [6, 6.07) is 4.63. The maximum atomic E-state index is 12.8. The topological polar surface area (TPSA) is 59.2 Å². The number of rotatable bonds is 2. The Morgan fingerprint density at radius 2 is 2.40 bits per heavy atom. The lowest BCUT2D eigenvalue weighted by atomic mass is 10.1. The third kappa shape index (κ3) is 2.06. The van der Waals surface area contributed by atoms with Gasteiger partial charge in [0.15, 0.2) is 0 Å². The number of carbonyl (C=O) groups is 1. The van der Waals surface area contributed by atoms with Gasteiger partial charge in [-0.2, -0.15) is 4.39 Å². The first-order chi connectivity index (χ1) is 7.16. The molecular weight excluding hydrogens is 197 g/mol. The van der Waals surface area contributed by atoms with E-state index >= 15 is 0 Å². The second-order valence-electron chi connectivity index (χ2n) is 3.65. The van der Waals surface area contributed by atoms with Crippen molar-refractivity contribution in [1.82, 2.24) is 4.98 Å². The molecule has 1 aromatic rings. The van der Waals surface area contributed by atoms with Crippen molar-refractivity contribution in [2.24, 2.45) is 11.7 Å². The molecule has 2 rings (SSSR count). The highest BCUT2D eigenvalue weighted by molar-refractivity contribution is 5.78. The zero-order valence-electron chi connectivity index (χ0n) is 8.19. The first kappa shape index (κ1) is 9.89. The van der Waals surface area contributed by atoms with Crippen LogP contribution in [0.5, 0.6) is 0 Å². The van der Waals surface area contributed by atoms with Crippen molar-refractivity contribution in [3.8, 4) is 0 Å². The summed E-state index contributed by atoms with van der Waals surface area (Å²) in [5, 5.41) is 0. The minimum Gasteiger partial charge on any atom is -0.369 e. The zero-order chi connectivity index (χ0) is 10.8. The minimum atomic E-state index is -0.505.